The summed E-state index contributed by atoms with van der Waals surface area (Å²) < 4.78 is 0. The van der Waals surface area contributed by atoms with E-state index in [1.165, 1.54) is 29.7 Å². The molecule has 0 bridgehead atoms. The van der Waals surface area contributed by atoms with E-state index in [-0.39, 0.29) is 0 Å². The summed E-state index contributed by atoms with van der Waals surface area (Å²) in [5.74, 6) is 0. The monoisotopic (exact) mass is 205 g/mol. The normalized spacial score (nSPS) is 14.5. The largest absolute Gasteiger partial charge is 0.385 e. The van der Waals surface area contributed by atoms with Crippen LogP contribution in [0.1, 0.15) is 17.5 Å². The number of hydrogen-bond donors (Lipinski definition) is 3. The first-order chi connectivity index (χ1) is 7.42. The SMILES string of the molecule is NCCNCc1cccc2c1NCCC2. The van der Waals surface area contributed by atoms with Crippen LogP contribution in [0.3, 0.4) is 0 Å². The van der Waals surface area contributed by atoms with Crippen molar-refractivity contribution in [2.75, 3.05) is 25.0 Å². The molecule has 0 radical (unpaired) electrons. The lowest BCUT2D eigenvalue weighted by molar-refractivity contribution is 0.692. The van der Waals surface area contributed by atoms with Gasteiger partial charge in [0, 0.05) is 31.9 Å². The molecule has 1 aliphatic heterocycles. The topological polar surface area (TPSA) is 50.1 Å². The molecule has 1 aromatic rings. The lowest BCUT2D eigenvalue weighted by Crippen LogP contribution is -2.23. The van der Waals surface area contributed by atoms with Crippen molar-refractivity contribution in [1.29, 1.82) is 0 Å². The minimum atomic E-state index is 0.697. The van der Waals surface area contributed by atoms with E-state index < -0.39 is 0 Å². The molecule has 0 fully saturated rings. The van der Waals surface area contributed by atoms with Crippen LogP contribution in [0.5, 0.6) is 0 Å². The summed E-state index contributed by atoms with van der Waals surface area (Å²) in [6, 6.07) is 6.54. The predicted molar refractivity (Wildman–Crippen MR) is 64.0 cm³/mol. The van der Waals surface area contributed by atoms with Gasteiger partial charge in [0.05, 0.1) is 0 Å². The second-order valence-electron chi connectivity index (χ2n) is 3.95. The molecule has 3 heteroatoms. The molecule has 2 rings (SSSR count). The van der Waals surface area contributed by atoms with Gasteiger partial charge in [-0.15, -0.1) is 0 Å². The van der Waals surface area contributed by atoms with Crippen molar-refractivity contribution in [1.82, 2.24) is 5.32 Å². The lowest BCUT2D eigenvalue weighted by Gasteiger charge is -2.21. The summed E-state index contributed by atoms with van der Waals surface area (Å²) in [5.41, 5.74) is 9.61. The van der Waals surface area contributed by atoms with Gasteiger partial charge >= 0.3 is 0 Å². The third kappa shape index (κ3) is 2.49. The van der Waals surface area contributed by atoms with Gasteiger partial charge in [-0.2, -0.15) is 0 Å². The molecule has 1 heterocycles. The van der Waals surface area contributed by atoms with Crippen molar-refractivity contribution < 1.29 is 0 Å². The fourth-order valence-electron chi connectivity index (χ4n) is 2.05. The summed E-state index contributed by atoms with van der Waals surface area (Å²) in [7, 11) is 0. The Morgan fingerprint density at radius 2 is 2.33 bits per heavy atom. The first kappa shape index (κ1) is 10.5. The van der Waals surface area contributed by atoms with Crippen LogP contribution >= 0.6 is 0 Å². The highest BCUT2D eigenvalue weighted by Crippen LogP contribution is 2.25. The summed E-state index contributed by atoms with van der Waals surface area (Å²) in [5, 5.41) is 6.82. The highest BCUT2D eigenvalue weighted by atomic mass is 14.9. The van der Waals surface area contributed by atoms with Crippen LogP contribution in [-0.2, 0) is 13.0 Å². The molecule has 0 unspecified atom stereocenters. The van der Waals surface area contributed by atoms with Crippen LogP contribution in [0.2, 0.25) is 0 Å². The zero-order chi connectivity index (χ0) is 10.5. The fourth-order valence-corrected chi connectivity index (χ4v) is 2.05. The van der Waals surface area contributed by atoms with Gasteiger partial charge in [-0.05, 0) is 24.0 Å². The second-order valence-corrected chi connectivity index (χ2v) is 3.95. The Balaban J connectivity index is 2.09. The van der Waals surface area contributed by atoms with Crippen molar-refractivity contribution in [2.24, 2.45) is 5.73 Å². The molecular formula is C12H19N3. The summed E-state index contributed by atoms with van der Waals surface area (Å²) in [6.45, 7) is 3.58. The number of nitrogens with two attached hydrogens (primary N) is 1. The average molecular weight is 205 g/mol. The van der Waals surface area contributed by atoms with Gasteiger partial charge < -0.3 is 16.4 Å². The van der Waals surface area contributed by atoms with Crippen molar-refractivity contribution in [3.05, 3.63) is 29.3 Å². The molecule has 3 nitrogen and oxygen atoms in total. The van der Waals surface area contributed by atoms with Crippen LogP contribution in [0, 0.1) is 0 Å². The van der Waals surface area contributed by atoms with E-state index in [0.29, 0.717) is 6.54 Å². The van der Waals surface area contributed by atoms with E-state index in [1.54, 1.807) is 0 Å². The molecule has 0 saturated carbocycles. The quantitative estimate of drug-likeness (QED) is 0.645. The van der Waals surface area contributed by atoms with E-state index in [9.17, 15) is 0 Å². The fraction of sp³-hybridized carbons (Fsp3) is 0.500. The lowest BCUT2D eigenvalue weighted by atomic mass is 9.99. The van der Waals surface area contributed by atoms with Crippen LogP contribution in [0.4, 0.5) is 5.69 Å². The van der Waals surface area contributed by atoms with E-state index in [2.05, 4.69) is 28.8 Å². The maximum Gasteiger partial charge on any atom is 0.0418 e. The molecule has 82 valence electrons. The van der Waals surface area contributed by atoms with Gasteiger partial charge in [0.25, 0.3) is 0 Å². The summed E-state index contributed by atoms with van der Waals surface area (Å²) in [4.78, 5) is 0. The standard InChI is InChI=1S/C12H19N3/c13-6-8-14-9-11-4-1-3-10-5-2-7-15-12(10)11/h1,3-4,14-15H,2,5-9,13H2. The number of fused-ring (bicyclic) bond motifs is 1. The molecular weight excluding hydrogens is 186 g/mol. The van der Waals surface area contributed by atoms with Gasteiger partial charge in [-0.25, -0.2) is 0 Å². The predicted octanol–water partition coefficient (Wildman–Crippen LogP) is 1.09. The molecule has 1 aliphatic rings. The van der Waals surface area contributed by atoms with Crippen LogP contribution < -0.4 is 16.4 Å². The van der Waals surface area contributed by atoms with Crippen molar-refractivity contribution in [3.8, 4) is 0 Å². The number of benzene rings is 1. The minimum absolute atomic E-state index is 0.697. The summed E-state index contributed by atoms with van der Waals surface area (Å²) in [6.07, 6.45) is 2.44. The first-order valence-electron chi connectivity index (χ1n) is 5.67. The van der Waals surface area contributed by atoms with Gasteiger partial charge in [0.15, 0.2) is 0 Å². The molecule has 1 aromatic carbocycles. The Hall–Kier alpha value is -1.06. The molecule has 0 aliphatic carbocycles. The summed E-state index contributed by atoms with van der Waals surface area (Å²) >= 11 is 0. The van der Waals surface area contributed by atoms with Crippen molar-refractivity contribution >= 4 is 5.69 Å². The Morgan fingerprint density at radius 1 is 1.40 bits per heavy atom. The van der Waals surface area contributed by atoms with Crippen molar-refractivity contribution in [3.63, 3.8) is 0 Å². The second kappa shape index (κ2) is 5.14. The number of para-hydroxylation sites is 1. The van der Waals surface area contributed by atoms with Crippen LogP contribution in [0.15, 0.2) is 18.2 Å². The number of anilines is 1. The van der Waals surface area contributed by atoms with Gasteiger partial charge in [0.2, 0.25) is 0 Å². The molecule has 0 aromatic heterocycles. The molecule has 15 heavy (non-hydrogen) atoms. The van der Waals surface area contributed by atoms with E-state index >= 15 is 0 Å². The van der Waals surface area contributed by atoms with Gasteiger partial charge in [-0.3, -0.25) is 0 Å². The maximum absolute atomic E-state index is 5.45. The number of nitrogens with one attached hydrogen (secondary N) is 2. The third-order valence-corrected chi connectivity index (χ3v) is 2.80. The molecule has 0 saturated heterocycles. The van der Waals surface area contributed by atoms with E-state index in [0.717, 1.165) is 19.6 Å². The van der Waals surface area contributed by atoms with E-state index in [4.69, 9.17) is 5.73 Å². The minimum Gasteiger partial charge on any atom is -0.385 e. The molecule has 4 N–H and O–H groups in total. The zero-order valence-corrected chi connectivity index (χ0v) is 9.05. The molecule has 0 spiro atoms. The number of hydrogen-bond acceptors (Lipinski definition) is 3. The number of aryl methyl sites for hydroxylation is 1. The Kier molecular flexibility index (Phi) is 3.59. The smallest absolute Gasteiger partial charge is 0.0418 e. The van der Waals surface area contributed by atoms with Gasteiger partial charge in [0.1, 0.15) is 0 Å². The van der Waals surface area contributed by atoms with Crippen LogP contribution in [0.25, 0.3) is 0 Å². The number of rotatable bonds is 4. The molecule has 0 atom stereocenters. The Morgan fingerprint density at radius 3 is 3.20 bits per heavy atom. The Labute approximate surface area is 91.1 Å². The first-order valence-corrected chi connectivity index (χ1v) is 5.67. The highest BCUT2D eigenvalue weighted by molar-refractivity contribution is 5.59. The van der Waals surface area contributed by atoms with Gasteiger partial charge in [-0.1, -0.05) is 18.2 Å². The van der Waals surface area contributed by atoms with Crippen LogP contribution in [-0.4, -0.2) is 19.6 Å². The third-order valence-electron chi connectivity index (χ3n) is 2.80. The average Bonchev–Trinajstić information content (AvgIpc) is 2.30. The Bertz CT molecular complexity index is 323. The highest BCUT2D eigenvalue weighted by Gasteiger charge is 2.11. The molecule has 0 amide bonds. The maximum atomic E-state index is 5.45. The van der Waals surface area contributed by atoms with E-state index in [1.807, 2.05) is 0 Å². The van der Waals surface area contributed by atoms with Crippen molar-refractivity contribution in [2.45, 2.75) is 19.4 Å². The zero-order valence-electron chi connectivity index (χ0n) is 9.05.